The number of hydrogen-bond donors (Lipinski definition) is 0. The van der Waals surface area contributed by atoms with Gasteiger partial charge in [0.05, 0.1) is 0 Å². The van der Waals surface area contributed by atoms with Crippen LogP contribution in [0.3, 0.4) is 0 Å². The Morgan fingerprint density at radius 2 is 2.00 bits per heavy atom. The highest BCUT2D eigenvalue weighted by molar-refractivity contribution is 5.90. The molecule has 13 heavy (non-hydrogen) atoms. The topological polar surface area (TPSA) is 17.1 Å². The predicted molar refractivity (Wildman–Crippen MR) is 55.7 cm³/mol. The van der Waals surface area contributed by atoms with E-state index in [2.05, 4.69) is 6.92 Å². The molecule has 1 aliphatic carbocycles. The number of hydrogen-bond acceptors (Lipinski definition) is 1. The Hall–Kier alpha value is -0.590. The summed E-state index contributed by atoms with van der Waals surface area (Å²) in [7, 11) is 0. The molecule has 0 aliphatic heterocycles. The van der Waals surface area contributed by atoms with Crippen molar-refractivity contribution in [1.29, 1.82) is 0 Å². The quantitative estimate of drug-likeness (QED) is 0.604. The van der Waals surface area contributed by atoms with Gasteiger partial charge in [0.15, 0.2) is 5.78 Å². The van der Waals surface area contributed by atoms with Crippen LogP contribution in [0.4, 0.5) is 0 Å². The van der Waals surface area contributed by atoms with Gasteiger partial charge in [-0.05, 0) is 38.2 Å². The average molecular weight is 180 g/mol. The summed E-state index contributed by atoms with van der Waals surface area (Å²) >= 11 is 0. The third kappa shape index (κ3) is 4.25. The summed E-state index contributed by atoms with van der Waals surface area (Å²) in [6, 6.07) is 0. The van der Waals surface area contributed by atoms with Crippen molar-refractivity contribution < 1.29 is 4.79 Å². The van der Waals surface area contributed by atoms with E-state index in [4.69, 9.17) is 0 Å². The SMILES string of the molecule is CCCCC(=O)C=C1CCCCC1. The molecule has 1 fully saturated rings. The molecule has 1 heteroatoms. The second-order valence-corrected chi connectivity index (χ2v) is 3.93. The summed E-state index contributed by atoms with van der Waals surface area (Å²) in [5.74, 6) is 0.346. The smallest absolute Gasteiger partial charge is 0.155 e. The Morgan fingerprint density at radius 3 is 2.62 bits per heavy atom. The van der Waals surface area contributed by atoms with E-state index in [1.165, 1.54) is 24.8 Å². The van der Waals surface area contributed by atoms with E-state index in [0.29, 0.717) is 5.78 Å². The Morgan fingerprint density at radius 1 is 1.31 bits per heavy atom. The summed E-state index contributed by atoms with van der Waals surface area (Å²) in [6.45, 7) is 2.13. The lowest BCUT2D eigenvalue weighted by molar-refractivity contribution is -0.114. The lowest BCUT2D eigenvalue weighted by atomic mass is 9.93. The average Bonchev–Trinajstić information content (AvgIpc) is 2.16. The van der Waals surface area contributed by atoms with Crippen LogP contribution in [0.2, 0.25) is 0 Å². The van der Waals surface area contributed by atoms with Gasteiger partial charge in [0.1, 0.15) is 0 Å². The van der Waals surface area contributed by atoms with Crippen molar-refractivity contribution in [2.45, 2.75) is 58.3 Å². The van der Waals surface area contributed by atoms with Gasteiger partial charge < -0.3 is 0 Å². The summed E-state index contributed by atoms with van der Waals surface area (Å²) < 4.78 is 0. The van der Waals surface area contributed by atoms with E-state index in [-0.39, 0.29) is 0 Å². The Labute approximate surface area is 81.2 Å². The standard InChI is InChI=1S/C12H20O/c1-2-3-9-12(13)10-11-7-5-4-6-8-11/h10H,2-9H2,1H3. The molecule has 0 heterocycles. The lowest BCUT2D eigenvalue weighted by Crippen LogP contribution is -1.99. The zero-order valence-corrected chi connectivity index (χ0v) is 8.64. The first kappa shape index (κ1) is 10.5. The van der Waals surface area contributed by atoms with Crippen LogP contribution in [0, 0.1) is 0 Å². The second kappa shape index (κ2) is 5.95. The van der Waals surface area contributed by atoms with Gasteiger partial charge in [-0.15, -0.1) is 0 Å². The molecule has 0 aromatic rings. The Bertz CT molecular complexity index is 183. The molecule has 1 rings (SSSR count). The minimum absolute atomic E-state index is 0.346. The van der Waals surface area contributed by atoms with Crippen LogP contribution in [-0.2, 0) is 4.79 Å². The molecule has 0 amide bonds. The Balaban J connectivity index is 2.30. The number of carbonyl (C=O) groups is 1. The van der Waals surface area contributed by atoms with E-state index in [1.807, 2.05) is 6.08 Å². The number of allylic oxidation sites excluding steroid dienone is 2. The fourth-order valence-corrected chi connectivity index (χ4v) is 1.80. The van der Waals surface area contributed by atoms with Crippen molar-refractivity contribution in [2.75, 3.05) is 0 Å². The van der Waals surface area contributed by atoms with Gasteiger partial charge in [0.2, 0.25) is 0 Å². The molecule has 0 spiro atoms. The van der Waals surface area contributed by atoms with Crippen LogP contribution in [0.15, 0.2) is 11.6 Å². The van der Waals surface area contributed by atoms with Gasteiger partial charge in [-0.3, -0.25) is 4.79 Å². The zero-order valence-electron chi connectivity index (χ0n) is 8.64. The summed E-state index contributed by atoms with van der Waals surface area (Å²) in [5, 5.41) is 0. The normalized spacial score (nSPS) is 17.2. The van der Waals surface area contributed by atoms with E-state index < -0.39 is 0 Å². The molecule has 0 N–H and O–H groups in total. The molecule has 0 saturated heterocycles. The number of unbranched alkanes of at least 4 members (excludes halogenated alkanes) is 1. The Kier molecular flexibility index (Phi) is 4.81. The largest absolute Gasteiger partial charge is 0.295 e. The molecule has 0 atom stereocenters. The zero-order chi connectivity index (χ0) is 9.52. The molecule has 0 aromatic carbocycles. The van der Waals surface area contributed by atoms with Crippen LogP contribution < -0.4 is 0 Å². The molecule has 1 aliphatic rings. The molecule has 0 radical (unpaired) electrons. The van der Waals surface area contributed by atoms with E-state index in [1.54, 1.807) is 0 Å². The summed E-state index contributed by atoms with van der Waals surface area (Å²) in [6.07, 6.45) is 11.1. The monoisotopic (exact) mass is 180 g/mol. The molecular weight excluding hydrogens is 160 g/mol. The molecule has 0 unspecified atom stereocenters. The molecule has 74 valence electrons. The van der Waals surface area contributed by atoms with Crippen molar-refractivity contribution in [3.8, 4) is 0 Å². The summed E-state index contributed by atoms with van der Waals surface area (Å²) in [5.41, 5.74) is 1.40. The van der Waals surface area contributed by atoms with Gasteiger partial charge in [0.25, 0.3) is 0 Å². The first-order valence-electron chi connectivity index (χ1n) is 5.55. The number of ketones is 1. The van der Waals surface area contributed by atoms with Crippen LogP contribution in [0.25, 0.3) is 0 Å². The fourth-order valence-electron chi connectivity index (χ4n) is 1.80. The van der Waals surface area contributed by atoms with Crippen molar-refractivity contribution >= 4 is 5.78 Å². The van der Waals surface area contributed by atoms with Crippen molar-refractivity contribution in [1.82, 2.24) is 0 Å². The van der Waals surface area contributed by atoms with E-state index in [0.717, 1.165) is 32.1 Å². The second-order valence-electron chi connectivity index (χ2n) is 3.93. The highest BCUT2D eigenvalue weighted by Gasteiger charge is 2.06. The lowest BCUT2D eigenvalue weighted by Gasteiger charge is -2.12. The molecule has 0 aromatic heterocycles. The maximum atomic E-state index is 11.4. The number of carbonyl (C=O) groups excluding carboxylic acids is 1. The number of rotatable bonds is 4. The van der Waals surface area contributed by atoms with Gasteiger partial charge in [-0.1, -0.05) is 25.3 Å². The molecule has 1 nitrogen and oxygen atoms in total. The van der Waals surface area contributed by atoms with Crippen molar-refractivity contribution in [2.24, 2.45) is 0 Å². The molecular formula is C12H20O. The molecule has 0 bridgehead atoms. The minimum Gasteiger partial charge on any atom is -0.295 e. The van der Waals surface area contributed by atoms with Gasteiger partial charge in [0, 0.05) is 6.42 Å². The highest BCUT2D eigenvalue weighted by Crippen LogP contribution is 2.22. The van der Waals surface area contributed by atoms with E-state index in [9.17, 15) is 4.79 Å². The van der Waals surface area contributed by atoms with Gasteiger partial charge >= 0.3 is 0 Å². The van der Waals surface area contributed by atoms with Crippen molar-refractivity contribution in [3.63, 3.8) is 0 Å². The van der Waals surface area contributed by atoms with E-state index >= 15 is 0 Å². The first-order chi connectivity index (χ1) is 6.33. The minimum atomic E-state index is 0.346. The van der Waals surface area contributed by atoms with Gasteiger partial charge in [-0.25, -0.2) is 0 Å². The van der Waals surface area contributed by atoms with Crippen LogP contribution in [0.1, 0.15) is 58.3 Å². The fraction of sp³-hybridized carbons (Fsp3) is 0.750. The maximum Gasteiger partial charge on any atom is 0.155 e. The van der Waals surface area contributed by atoms with Crippen LogP contribution >= 0.6 is 0 Å². The van der Waals surface area contributed by atoms with Crippen molar-refractivity contribution in [3.05, 3.63) is 11.6 Å². The molecule has 1 saturated carbocycles. The van der Waals surface area contributed by atoms with Crippen LogP contribution in [0.5, 0.6) is 0 Å². The summed E-state index contributed by atoms with van der Waals surface area (Å²) in [4.78, 5) is 11.4. The highest BCUT2D eigenvalue weighted by atomic mass is 16.1. The first-order valence-corrected chi connectivity index (χ1v) is 5.55. The van der Waals surface area contributed by atoms with Gasteiger partial charge in [-0.2, -0.15) is 0 Å². The third-order valence-electron chi connectivity index (χ3n) is 2.64. The predicted octanol–water partition coefficient (Wildman–Crippen LogP) is 3.64. The third-order valence-corrected chi connectivity index (χ3v) is 2.64. The van der Waals surface area contributed by atoms with Crippen LogP contribution in [-0.4, -0.2) is 5.78 Å². The maximum absolute atomic E-state index is 11.4.